The third kappa shape index (κ3) is 4.74. The van der Waals surface area contributed by atoms with Gasteiger partial charge in [0.1, 0.15) is 0 Å². The number of hydrogen-bond donors (Lipinski definition) is 0. The van der Waals surface area contributed by atoms with Crippen LogP contribution in [-0.2, 0) is 6.54 Å². The van der Waals surface area contributed by atoms with Crippen molar-refractivity contribution in [1.29, 1.82) is 0 Å². The highest BCUT2D eigenvalue weighted by atomic mass is 32.2. The summed E-state index contributed by atoms with van der Waals surface area (Å²) in [7, 11) is 7.06. The summed E-state index contributed by atoms with van der Waals surface area (Å²) in [6, 6.07) is 14.6. The summed E-state index contributed by atoms with van der Waals surface area (Å²) in [5.74, 6) is 1.70. The average Bonchev–Trinajstić information content (AvgIpc) is 3.46. The molecule has 1 aliphatic rings. The standard InChI is InChI=1S/C31H30N4O6S/c1-33(2)10-11-35-29-20-14-25-26(40-17-39-25)15-22(20)32-16-21(29)18-12-24(38-4)27(13-19(18)30(35)36)41-31(37)34(3)23-8-6-7-9-28(23)42-5/h6-9,12-16H,10-11,17H2,1-5H3. The highest BCUT2D eigenvalue weighted by Crippen LogP contribution is 2.40. The molecule has 10 nitrogen and oxygen atoms in total. The molecule has 3 heterocycles. The summed E-state index contributed by atoms with van der Waals surface area (Å²) >= 11 is 1.53. The van der Waals surface area contributed by atoms with Crippen LogP contribution in [0.15, 0.2) is 64.4 Å². The zero-order chi connectivity index (χ0) is 29.5. The third-order valence-electron chi connectivity index (χ3n) is 7.36. The van der Waals surface area contributed by atoms with E-state index in [4.69, 9.17) is 23.9 Å². The molecule has 0 saturated heterocycles. The van der Waals surface area contributed by atoms with Crippen LogP contribution in [0.4, 0.5) is 10.5 Å². The van der Waals surface area contributed by atoms with Gasteiger partial charge in [0.25, 0.3) is 5.56 Å². The molecule has 5 aromatic rings. The van der Waals surface area contributed by atoms with Gasteiger partial charge in [-0.05, 0) is 50.7 Å². The number of fused-ring (bicyclic) bond motifs is 6. The van der Waals surface area contributed by atoms with Crippen LogP contribution >= 0.6 is 11.8 Å². The van der Waals surface area contributed by atoms with Gasteiger partial charge in [-0.3, -0.25) is 14.7 Å². The Labute approximate surface area is 246 Å². The smallest absolute Gasteiger partial charge is 0.419 e. The number of ether oxygens (including phenoxy) is 4. The SMILES string of the molecule is COc1cc2c(cc1OC(=O)N(C)c1ccccc1SC)c(=O)n(CCN(C)C)c1c3cc4c(cc3ncc21)OCO4. The fraction of sp³-hybridized carbons (Fsp3) is 0.258. The van der Waals surface area contributed by atoms with Gasteiger partial charge in [0, 0.05) is 53.5 Å². The Kier molecular flexibility index (Phi) is 7.29. The average molecular weight is 587 g/mol. The summed E-state index contributed by atoms with van der Waals surface area (Å²) < 4.78 is 24.4. The van der Waals surface area contributed by atoms with Crippen LogP contribution in [0.5, 0.6) is 23.0 Å². The lowest BCUT2D eigenvalue weighted by Gasteiger charge is -2.21. The number of benzene rings is 3. The largest absolute Gasteiger partial charge is 0.493 e. The molecule has 6 rings (SSSR count). The molecular formula is C31H30N4O6S. The molecule has 0 radical (unpaired) electrons. The number of carbonyl (C=O) groups excluding carboxylic acids is 1. The molecule has 11 heteroatoms. The lowest BCUT2D eigenvalue weighted by molar-refractivity contribution is 0.174. The van der Waals surface area contributed by atoms with Gasteiger partial charge in [-0.25, -0.2) is 4.79 Å². The van der Waals surface area contributed by atoms with E-state index in [0.29, 0.717) is 52.3 Å². The maximum atomic E-state index is 14.2. The summed E-state index contributed by atoms with van der Waals surface area (Å²) in [4.78, 5) is 36.6. The van der Waals surface area contributed by atoms with Crippen molar-refractivity contribution in [2.24, 2.45) is 0 Å². The van der Waals surface area contributed by atoms with Crippen molar-refractivity contribution in [2.75, 3.05) is 52.7 Å². The number of para-hydroxylation sites is 1. The van der Waals surface area contributed by atoms with Gasteiger partial charge < -0.3 is 28.4 Å². The van der Waals surface area contributed by atoms with Crippen molar-refractivity contribution in [3.8, 4) is 23.0 Å². The van der Waals surface area contributed by atoms with E-state index in [0.717, 1.165) is 21.2 Å². The summed E-state index contributed by atoms with van der Waals surface area (Å²) in [5.41, 5.74) is 1.92. The molecule has 0 spiro atoms. The molecular weight excluding hydrogens is 556 g/mol. The lowest BCUT2D eigenvalue weighted by atomic mass is 10.0. The van der Waals surface area contributed by atoms with E-state index in [1.807, 2.05) is 61.6 Å². The first-order valence-electron chi connectivity index (χ1n) is 13.3. The summed E-state index contributed by atoms with van der Waals surface area (Å²) in [5, 5.41) is 2.56. The number of pyridine rings is 2. The van der Waals surface area contributed by atoms with E-state index in [9.17, 15) is 9.59 Å². The van der Waals surface area contributed by atoms with Crippen LogP contribution in [0.25, 0.3) is 32.6 Å². The molecule has 3 aromatic carbocycles. The zero-order valence-electron chi connectivity index (χ0n) is 24.0. The summed E-state index contributed by atoms with van der Waals surface area (Å²) in [6.45, 7) is 1.20. The van der Waals surface area contributed by atoms with Crippen molar-refractivity contribution >= 4 is 56.1 Å². The number of nitrogens with zero attached hydrogens (tertiary/aromatic N) is 4. The number of amides is 1. The fourth-order valence-electron chi connectivity index (χ4n) is 5.18. The van der Waals surface area contributed by atoms with Gasteiger partial charge in [0.2, 0.25) is 6.79 Å². The van der Waals surface area contributed by atoms with Gasteiger partial charge in [0.15, 0.2) is 23.0 Å². The predicted molar refractivity (Wildman–Crippen MR) is 165 cm³/mol. The lowest BCUT2D eigenvalue weighted by Crippen LogP contribution is -2.30. The number of rotatable bonds is 7. The molecule has 2 aromatic heterocycles. The van der Waals surface area contributed by atoms with Crippen LogP contribution in [0.2, 0.25) is 0 Å². The first-order valence-corrected chi connectivity index (χ1v) is 14.5. The Bertz CT molecular complexity index is 1920. The monoisotopic (exact) mass is 586 g/mol. The molecule has 0 aliphatic carbocycles. The van der Waals surface area contributed by atoms with E-state index < -0.39 is 6.09 Å². The molecule has 1 aliphatic heterocycles. The topological polar surface area (TPSA) is 95.4 Å². The molecule has 0 unspecified atom stereocenters. The number of carbonyl (C=O) groups is 1. The van der Waals surface area contributed by atoms with Crippen molar-refractivity contribution in [3.63, 3.8) is 0 Å². The highest BCUT2D eigenvalue weighted by molar-refractivity contribution is 7.98. The number of aromatic nitrogens is 2. The van der Waals surface area contributed by atoms with Crippen LogP contribution in [0, 0.1) is 0 Å². The molecule has 216 valence electrons. The first-order chi connectivity index (χ1) is 20.3. The molecule has 0 atom stereocenters. The third-order valence-corrected chi connectivity index (χ3v) is 8.15. The number of likely N-dealkylation sites (N-methyl/N-ethyl adjacent to an activating group) is 1. The summed E-state index contributed by atoms with van der Waals surface area (Å²) in [6.07, 6.45) is 3.10. The number of thioether (sulfide) groups is 1. The highest BCUT2D eigenvalue weighted by Gasteiger charge is 2.23. The Morgan fingerprint density at radius 3 is 2.48 bits per heavy atom. The van der Waals surface area contributed by atoms with Crippen LogP contribution in [-0.4, -0.2) is 68.4 Å². The maximum absolute atomic E-state index is 14.2. The fourth-order valence-corrected chi connectivity index (χ4v) is 5.81. The second kappa shape index (κ2) is 11.1. The minimum Gasteiger partial charge on any atom is -0.493 e. The van der Waals surface area contributed by atoms with Gasteiger partial charge in [0.05, 0.1) is 29.2 Å². The predicted octanol–water partition coefficient (Wildman–Crippen LogP) is 5.36. The van der Waals surface area contributed by atoms with E-state index in [2.05, 4.69) is 0 Å². The number of anilines is 1. The molecule has 0 fully saturated rings. The zero-order valence-corrected chi connectivity index (χ0v) is 24.8. The van der Waals surface area contributed by atoms with E-state index in [-0.39, 0.29) is 18.1 Å². The number of hydrogen-bond acceptors (Lipinski definition) is 9. The second-order valence-corrected chi connectivity index (χ2v) is 11.0. The van der Waals surface area contributed by atoms with Crippen LogP contribution < -0.4 is 29.4 Å². The van der Waals surface area contributed by atoms with Crippen LogP contribution in [0.3, 0.4) is 0 Å². The second-order valence-electron chi connectivity index (χ2n) is 10.2. The van der Waals surface area contributed by atoms with E-state index in [1.165, 1.54) is 23.8 Å². The molecule has 0 N–H and O–H groups in total. The van der Waals surface area contributed by atoms with Crippen molar-refractivity contribution in [2.45, 2.75) is 11.4 Å². The Balaban J connectivity index is 1.53. The van der Waals surface area contributed by atoms with Crippen LogP contribution in [0.1, 0.15) is 0 Å². The van der Waals surface area contributed by atoms with Crippen molar-refractivity contribution in [1.82, 2.24) is 14.5 Å². The van der Waals surface area contributed by atoms with E-state index in [1.54, 1.807) is 29.9 Å². The quantitative estimate of drug-likeness (QED) is 0.185. The van der Waals surface area contributed by atoms with Crippen molar-refractivity contribution < 1.29 is 23.7 Å². The van der Waals surface area contributed by atoms with Gasteiger partial charge in [-0.15, -0.1) is 11.8 Å². The molecule has 1 amide bonds. The van der Waals surface area contributed by atoms with E-state index >= 15 is 0 Å². The van der Waals surface area contributed by atoms with Gasteiger partial charge in [-0.2, -0.15) is 0 Å². The molecule has 42 heavy (non-hydrogen) atoms. The van der Waals surface area contributed by atoms with Crippen molar-refractivity contribution in [3.05, 3.63) is 65.1 Å². The Morgan fingerprint density at radius 1 is 1.00 bits per heavy atom. The van der Waals surface area contributed by atoms with Gasteiger partial charge in [-0.1, -0.05) is 12.1 Å². The van der Waals surface area contributed by atoms with Gasteiger partial charge >= 0.3 is 6.09 Å². The molecule has 0 bridgehead atoms. The minimum atomic E-state index is -0.605. The molecule has 0 saturated carbocycles. The first kappa shape index (κ1) is 27.7. The Morgan fingerprint density at radius 2 is 1.74 bits per heavy atom. The minimum absolute atomic E-state index is 0.136. The maximum Gasteiger partial charge on any atom is 0.419 e. The Hall–Kier alpha value is -4.48. The number of methoxy groups -OCH3 is 1. The normalized spacial score (nSPS) is 12.4.